The molecule has 2 aliphatic heterocycles. The Kier molecular flexibility index (Phi) is 5.94. The van der Waals surface area contributed by atoms with Crippen LogP contribution in [0, 0.1) is 0 Å². The van der Waals surface area contributed by atoms with Gasteiger partial charge in [-0.2, -0.15) is 0 Å². The van der Waals surface area contributed by atoms with Gasteiger partial charge >= 0.3 is 5.97 Å². The van der Waals surface area contributed by atoms with Gasteiger partial charge in [-0.15, -0.1) is 11.8 Å². The highest BCUT2D eigenvalue weighted by Gasteiger charge is 2.64. The summed E-state index contributed by atoms with van der Waals surface area (Å²) in [6.45, 7) is 3.47. The van der Waals surface area contributed by atoms with Gasteiger partial charge in [0, 0.05) is 10.9 Å². The predicted molar refractivity (Wildman–Crippen MR) is 132 cm³/mol. The number of carboxylic acid groups (broad SMARTS) is 1. The van der Waals surface area contributed by atoms with E-state index in [9.17, 15) is 29.1 Å². The summed E-state index contributed by atoms with van der Waals surface area (Å²) in [4.78, 5) is 75.4. The summed E-state index contributed by atoms with van der Waals surface area (Å²) < 4.78 is -0.754. The molecule has 2 saturated heterocycles. The van der Waals surface area contributed by atoms with Crippen LogP contribution in [-0.2, 0) is 14.4 Å². The summed E-state index contributed by atoms with van der Waals surface area (Å²) in [5, 5.41) is 14.3. The maximum atomic E-state index is 13.4. The number of amides is 3. The Morgan fingerprint density at radius 1 is 1.14 bits per heavy atom. The molecule has 13 heteroatoms. The molecule has 4 heterocycles. The highest BCUT2D eigenvalue weighted by molar-refractivity contribution is 8.01. The molecule has 2 aliphatic rings. The van der Waals surface area contributed by atoms with Crippen LogP contribution in [0.25, 0.3) is 11.2 Å². The van der Waals surface area contributed by atoms with E-state index in [2.05, 4.69) is 25.6 Å². The summed E-state index contributed by atoms with van der Waals surface area (Å²) in [6.07, 6.45) is 1.47. The number of H-pyrrole nitrogens is 1. The van der Waals surface area contributed by atoms with E-state index in [1.165, 1.54) is 22.9 Å². The van der Waals surface area contributed by atoms with E-state index in [1.54, 1.807) is 56.3 Å². The standard InChI is InChI=1S/C24H22N6O6S/c1-24(2)16(23(35)36)30-21(34)15(22(30)37-24)28-18(31)13(11-7-4-3-5-8-11)27-19(32)14-20(33)29-17-12(26-14)9-6-10-25-17/h3-10,13,15-16,22H,1-2H3,(H,27,32)(H,28,31)(H,35,36)(H,25,29,33)/t13?,15-,16+,22-/m1/s1. The molecule has 0 bridgehead atoms. The van der Waals surface area contributed by atoms with Crippen molar-refractivity contribution in [3.05, 3.63) is 70.3 Å². The molecule has 0 spiro atoms. The zero-order valence-corrected chi connectivity index (χ0v) is 20.5. The fourth-order valence-electron chi connectivity index (χ4n) is 4.60. The van der Waals surface area contributed by atoms with Crippen molar-refractivity contribution >= 4 is 46.6 Å². The summed E-state index contributed by atoms with van der Waals surface area (Å²) in [5.41, 5.74) is -0.297. The number of hydrogen-bond donors (Lipinski definition) is 4. The minimum Gasteiger partial charge on any atom is -0.480 e. The van der Waals surface area contributed by atoms with Crippen molar-refractivity contribution in [3.63, 3.8) is 0 Å². The molecule has 12 nitrogen and oxygen atoms in total. The molecule has 0 radical (unpaired) electrons. The SMILES string of the molecule is CC1(C)S[C@@H]2[C@H](NC(=O)C(NC(=O)c3nc4cccnc4[nH]c3=O)c3ccccc3)C(=O)N2[C@H]1C(=O)O. The van der Waals surface area contributed by atoms with Crippen molar-refractivity contribution in [1.82, 2.24) is 30.5 Å². The molecule has 4 atom stereocenters. The fraction of sp³-hybridized carbons (Fsp3) is 0.292. The van der Waals surface area contributed by atoms with Crippen molar-refractivity contribution < 1.29 is 24.3 Å². The van der Waals surface area contributed by atoms with E-state index >= 15 is 0 Å². The van der Waals surface area contributed by atoms with Crippen LogP contribution in [0.5, 0.6) is 0 Å². The van der Waals surface area contributed by atoms with Crippen molar-refractivity contribution in [2.24, 2.45) is 0 Å². The quantitative estimate of drug-likeness (QED) is 0.334. The number of carbonyl (C=O) groups is 4. The number of β-lactam (4-membered cyclic amide) rings is 1. The molecule has 0 saturated carbocycles. The Morgan fingerprint density at radius 2 is 1.86 bits per heavy atom. The summed E-state index contributed by atoms with van der Waals surface area (Å²) in [5.74, 6) is -3.20. The van der Waals surface area contributed by atoms with E-state index in [1.807, 2.05) is 0 Å². The van der Waals surface area contributed by atoms with Gasteiger partial charge in [0.2, 0.25) is 11.8 Å². The monoisotopic (exact) mass is 522 g/mol. The molecule has 190 valence electrons. The molecule has 3 aromatic rings. The number of nitrogens with zero attached hydrogens (tertiary/aromatic N) is 3. The van der Waals surface area contributed by atoms with Gasteiger partial charge in [-0.25, -0.2) is 14.8 Å². The first-order chi connectivity index (χ1) is 17.6. The van der Waals surface area contributed by atoms with Gasteiger partial charge in [0.05, 0.1) is 0 Å². The van der Waals surface area contributed by atoms with Crippen molar-refractivity contribution in [3.8, 4) is 0 Å². The highest BCUT2D eigenvalue weighted by atomic mass is 32.2. The molecule has 3 amide bonds. The van der Waals surface area contributed by atoms with E-state index in [-0.39, 0.29) is 5.65 Å². The molecular formula is C24H22N6O6S. The Labute approximate surface area is 213 Å². The van der Waals surface area contributed by atoms with Crippen LogP contribution >= 0.6 is 11.8 Å². The summed E-state index contributed by atoms with van der Waals surface area (Å²) in [7, 11) is 0. The minimum atomic E-state index is -1.25. The number of hydrogen-bond acceptors (Lipinski definition) is 8. The average Bonchev–Trinajstić information content (AvgIpc) is 3.13. The molecule has 4 N–H and O–H groups in total. The lowest BCUT2D eigenvalue weighted by Gasteiger charge is -2.44. The molecule has 1 unspecified atom stereocenters. The number of aliphatic carboxylic acids is 1. The van der Waals surface area contributed by atoms with Gasteiger partial charge in [0.25, 0.3) is 11.5 Å². The molecule has 1 aromatic carbocycles. The number of pyridine rings is 1. The Morgan fingerprint density at radius 3 is 2.57 bits per heavy atom. The maximum absolute atomic E-state index is 13.4. The zero-order chi connectivity index (χ0) is 26.5. The topological polar surface area (TPSA) is 174 Å². The first-order valence-electron chi connectivity index (χ1n) is 11.3. The third-order valence-electron chi connectivity index (χ3n) is 6.32. The number of carbonyl (C=O) groups excluding carboxylic acids is 3. The van der Waals surface area contributed by atoms with Gasteiger partial charge in [-0.1, -0.05) is 30.3 Å². The highest BCUT2D eigenvalue weighted by Crippen LogP contribution is 2.50. The van der Waals surface area contributed by atoms with Crippen molar-refractivity contribution in [2.45, 2.75) is 42.1 Å². The van der Waals surface area contributed by atoms with Gasteiger partial charge in [-0.05, 0) is 31.5 Å². The first-order valence-corrected chi connectivity index (χ1v) is 12.2. The molecule has 0 aliphatic carbocycles. The molecular weight excluding hydrogens is 500 g/mol. The second kappa shape index (κ2) is 9.00. The third-order valence-corrected chi connectivity index (χ3v) is 7.90. The average molecular weight is 523 g/mol. The molecule has 37 heavy (non-hydrogen) atoms. The molecule has 2 fully saturated rings. The largest absolute Gasteiger partial charge is 0.480 e. The van der Waals surface area contributed by atoms with Crippen LogP contribution < -0.4 is 16.2 Å². The number of nitrogens with one attached hydrogen (secondary N) is 3. The number of thioether (sulfide) groups is 1. The fourth-order valence-corrected chi connectivity index (χ4v) is 6.23. The number of rotatable bonds is 6. The first kappa shape index (κ1) is 24.4. The van der Waals surface area contributed by atoms with Crippen LogP contribution in [0.4, 0.5) is 0 Å². The van der Waals surface area contributed by atoms with Gasteiger partial charge in [-0.3, -0.25) is 19.2 Å². The van der Waals surface area contributed by atoms with Crippen LogP contribution in [0.1, 0.15) is 35.9 Å². The van der Waals surface area contributed by atoms with E-state index in [0.29, 0.717) is 11.1 Å². The van der Waals surface area contributed by atoms with Crippen molar-refractivity contribution in [1.29, 1.82) is 0 Å². The van der Waals surface area contributed by atoms with Gasteiger partial charge in [0.1, 0.15) is 29.0 Å². The van der Waals surface area contributed by atoms with Gasteiger partial charge < -0.3 is 25.6 Å². The maximum Gasteiger partial charge on any atom is 0.327 e. The smallest absolute Gasteiger partial charge is 0.327 e. The Hall–Kier alpha value is -4.26. The van der Waals surface area contributed by atoms with E-state index < -0.39 is 63.2 Å². The summed E-state index contributed by atoms with van der Waals surface area (Å²) in [6, 6.07) is 8.28. The number of benzene rings is 1. The third kappa shape index (κ3) is 4.20. The lowest BCUT2D eigenvalue weighted by atomic mass is 9.95. The summed E-state index contributed by atoms with van der Waals surface area (Å²) >= 11 is 1.29. The number of aromatic amines is 1. The zero-order valence-electron chi connectivity index (χ0n) is 19.7. The normalized spacial score (nSPS) is 22.6. The second-order valence-corrected chi connectivity index (χ2v) is 11.0. The minimum absolute atomic E-state index is 0.214. The van der Waals surface area contributed by atoms with Crippen LogP contribution in [0.3, 0.4) is 0 Å². The lowest BCUT2D eigenvalue weighted by Crippen LogP contribution is -2.71. The van der Waals surface area contributed by atoms with Crippen LogP contribution in [-0.4, -0.2) is 70.9 Å². The predicted octanol–water partition coefficient (Wildman–Crippen LogP) is 0.421. The molecule has 5 rings (SSSR count). The number of fused-ring (bicyclic) bond motifs is 2. The lowest BCUT2D eigenvalue weighted by molar-refractivity contribution is -0.161. The van der Waals surface area contributed by atoms with Crippen LogP contribution in [0.2, 0.25) is 0 Å². The van der Waals surface area contributed by atoms with E-state index in [4.69, 9.17) is 0 Å². The van der Waals surface area contributed by atoms with E-state index in [0.717, 1.165) is 0 Å². The van der Waals surface area contributed by atoms with Crippen LogP contribution in [0.15, 0.2) is 53.5 Å². The molecule has 2 aromatic heterocycles. The Bertz CT molecular complexity index is 1490. The second-order valence-electron chi connectivity index (χ2n) is 9.19. The number of carboxylic acids is 1. The van der Waals surface area contributed by atoms with Crippen molar-refractivity contribution in [2.75, 3.05) is 0 Å². The number of aromatic nitrogens is 3. The van der Waals surface area contributed by atoms with Gasteiger partial charge in [0.15, 0.2) is 11.3 Å². The Balaban J connectivity index is 1.39.